The lowest BCUT2D eigenvalue weighted by Crippen LogP contribution is -2.35. The van der Waals surface area contributed by atoms with E-state index in [1.165, 1.54) is 7.11 Å². The molecule has 0 saturated carbocycles. The van der Waals surface area contributed by atoms with Crippen LogP contribution in [-0.2, 0) is 4.74 Å². The van der Waals surface area contributed by atoms with Gasteiger partial charge in [-0.1, -0.05) is 0 Å². The standard InChI is InChI=1S/C15H19NO4/c1-9-8-16(15(17)20-5)12-6-11(18-3)7-13(19-4)14(12)10(9)2/h6-7H,8H2,1-5H3. The van der Waals surface area contributed by atoms with Gasteiger partial charge in [0.25, 0.3) is 0 Å². The molecular formula is C15H19NO4. The lowest BCUT2D eigenvalue weighted by atomic mass is 9.94. The third-order valence-corrected chi connectivity index (χ3v) is 3.61. The van der Waals surface area contributed by atoms with Gasteiger partial charge >= 0.3 is 6.09 Å². The monoisotopic (exact) mass is 277 g/mol. The molecule has 20 heavy (non-hydrogen) atoms. The largest absolute Gasteiger partial charge is 0.497 e. The summed E-state index contributed by atoms with van der Waals surface area (Å²) in [5, 5.41) is 0. The molecule has 0 aliphatic carbocycles. The summed E-state index contributed by atoms with van der Waals surface area (Å²) >= 11 is 0. The zero-order valence-corrected chi connectivity index (χ0v) is 12.4. The van der Waals surface area contributed by atoms with Crippen molar-refractivity contribution < 1.29 is 19.0 Å². The number of carbonyl (C=O) groups is 1. The second-order valence-corrected chi connectivity index (χ2v) is 4.69. The van der Waals surface area contributed by atoms with E-state index in [0.717, 1.165) is 22.4 Å². The molecule has 0 radical (unpaired) electrons. The molecule has 1 aromatic rings. The van der Waals surface area contributed by atoms with Crippen LogP contribution in [-0.4, -0.2) is 34.0 Å². The third-order valence-electron chi connectivity index (χ3n) is 3.61. The van der Waals surface area contributed by atoms with Gasteiger partial charge in [-0.25, -0.2) is 4.79 Å². The van der Waals surface area contributed by atoms with Crippen LogP contribution in [0.3, 0.4) is 0 Å². The molecule has 1 heterocycles. The van der Waals surface area contributed by atoms with Crippen molar-refractivity contribution in [2.24, 2.45) is 0 Å². The number of fused-ring (bicyclic) bond motifs is 1. The summed E-state index contributed by atoms with van der Waals surface area (Å²) in [7, 11) is 4.56. The number of amides is 1. The van der Waals surface area contributed by atoms with E-state index in [2.05, 4.69) is 0 Å². The van der Waals surface area contributed by atoms with E-state index in [1.54, 1.807) is 19.1 Å². The van der Waals surface area contributed by atoms with E-state index >= 15 is 0 Å². The second kappa shape index (κ2) is 5.45. The Labute approximate surface area is 118 Å². The molecule has 0 unspecified atom stereocenters. The van der Waals surface area contributed by atoms with Gasteiger partial charge in [0.1, 0.15) is 11.5 Å². The number of benzene rings is 1. The highest BCUT2D eigenvalue weighted by Crippen LogP contribution is 2.43. The highest BCUT2D eigenvalue weighted by molar-refractivity contribution is 5.97. The molecule has 1 aromatic carbocycles. The number of ether oxygens (including phenoxy) is 3. The van der Waals surface area contributed by atoms with Gasteiger partial charge in [0.15, 0.2) is 0 Å². The first-order valence-corrected chi connectivity index (χ1v) is 6.31. The second-order valence-electron chi connectivity index (χ2n) is 4.69. The van der Waals surface area contributed by atoms with Crippen molar-refractivity contribution >= 4 is 17.4 Å². The Kier molecular flexibility index (Phi) is 3.88. The van der Waals surface area contributed by atoms with Gasteiger partial charge in [-0.2, -0.15) is 0 Å². The van der Waals surface area contributed by atoms with Crippen molar-refractivity contribution in [3.63, 3.8) is 0 Å². The lowest BCUT2D eigenvalue weighted by molar-refractivity contribution is 0.179. The van der Waals surface area contributed by atoms with Gasteiger partial charge in [-0.3, -0.25) is 4.90 Å². The number of allylic oxidation sites excluding steroid dienone is 1. The molecule has 0 spiro atoms. The molecule has 2 rings (SSSR count). The van der Waals surface area contributed by atoms with Crippen LogP contribution in [0.5, 0.6) is 11.5 Å². The van der Waals surface area contributed by atoms with Crippen molar-refractivity contribution in [3.8, 4) is 11.5 Å². The van der Waals surface area contributed by atoms with Crippen LogP contribution in [0.2, 0.25) is 0 Å². The summed E-state index contributed by atoms with van der Waals surface area (Å²) in [4.78, 5) is 13.6. The van der Waals surface area contributed by atoms with Crippen LogP contribution in [0, 0.1) is 0 Å². The molecule has 0 fully saturated rings. The molecule has 0 bridgehead atoms. The molecule has 1 amide bonds. The predicted octanol–water partition coefficient (Wildman–Crippen LogP) is 3.08. The molecule has 1 aliphatic rings. The average molecular weight is 277 g/mol. The van der Waals surface area contributed by atoms with Gasteiger partial charge in [0.2, 0.25) is 0 Å². The van der Waals surface area contributed by atoms with E-state index in [9.17, 15) is 4.79 Å². The zero-order chi connectivity index (χ0) is 14.9. The number of methoxy groups -OCH3 is 3. The topological polar surface area (TPSA) is 48.0 Å². The third kappa shape index (κ3) is 2.19. The Morgan fingerprint density at radius 2 is 1.85 bits per heavy atom. The molecular weight excluding hydrogens is 258 g/mol. The molecule has 5 nitrogen and oxygen atoms in total. The minimum atomic E-state index is -0.395. The molecule has 108 valence electrons. The van der Waals surface area contributed by atoms with Crippen LogP contribution in [0.4, 0.5) is 10.5 Å². The first kappa shape index (κ1) is 14.2. The fraction of sp³-hybridized carbons (Fsp3) is 0.400. The minimum Gasteiger partial charge on any atom is -0.497 e. The fourth-order valence-corrected chi connectivity index (χ4v) is 2.37. The Bertz CT molecular complexity index is 577. The fourth-order valence-electron chi connectivity index (χ4n) is 2.37. The van der Waals surface area contributed by atoms with E-state index in [0.29, 0.717) is 18.0 Å². The Morgan fingerprint density at radius 1 is 1.15 bits per heavy atom. The van der Waals surface area contributed by atoms with E-state index in [-0.39, 0.29) is 0 Å². The zero-order valence-electron chi connectivity index (χ0n) is 12.4. The van der Waals surface area contributed by atoms with Crippen molar-refractivity contribution in [2.75, 3.05) is 32.8 Å². The van der Waals surface area contributed by atoms with Crippen LogP contribution >= 0.6 is 0 Å². The molecule has 1 aliphatic heterocycles. The maximum atomic E-state index is 12.0. The maximum Gasteiger partial charge on any atom is 0.414 e. The Hall–Kier alpha value is -2.17. The normalized spacial score (nSPS) is 13.9. The summed E-state index contributed by atoms with van der Waals surface area (Å²) in [5.41, 5.74) is 3.87. The van der Waals surface area contributed by atoms with Gasteiger partial charge < -0.3 is 14.2 Å². The SMILES string of the molecule is COC(=O)N1CC(C)=C(C)c2c(OC)cc(OC)cc21. The van der Waals surface area contributed by atoms with Gasteiger partial charge in [-0.05, 0) is 25.0 Å². The van der Waals surface area contributed by atoms with E-state index in [1.807, 2.05) is 26.0 Å². The highest BCUT2D eigenvalue weighted by Gasteiger charge is 2.29. The van der Waals surface area contributed by atoms with E-state index < -0.39 is 6.09 Å². The van der Waals surface area contributed by atoms with E-state index in [4.69, 9.17) is 14.2 Å². The number of hydrogen-bond acceptors (Lipinski definition) is 4. The molecule has 0 aromatic heterocycles. The maximum absolute atomic E-state index is 12.0. The molecule has 0 N–H and O–H groups in total. The number of carbonyl (C=O) groups excluding carboxylic acids is 1. The Morgan fingerprint density at radius 3 is 2.40 bits per heavy atom. The predicted molar refractivity (Wildman–Crippen MR) is 77.6 cm³/mol. The molecule has 5 heteroatoms. The Balaban J connectivity index is 2.70. The number of nitrogens with zero attached hydrogens (tertiary/aromatic N) is 1. The summed E-state index contributed by atoms with van der Waals surface area (Å²) in [6, 6.07) is 3.64. The van der Waals surface area contributed by atoms with Gasteiger partial charge in [0, 0.05) is 17.7 Å². The summed E-state index contributed by atoms with van der Waals surface area (Å²) < 4.78 is 15.6. The lowest BCUT2D eigenvalue weighted by Gasteiger charge is -2.31. The summed E-state index contributed by atoms with van der Waals surface area (Å²) in [6.07, 6.45) is -0.395. The van der Waals surface area contributed by atoms with Crippen LogP contribution in [0.15, 0.2) is 17.7 Å². The summed E-state index contributed by atoms with van der Waals surface area (Å²) in [6.45, 7) is 4.53. The summed E-state index contributed by atoms with van der Waals surface area (Å²) in [5.74, 6) is 1.33. The van der Waals surface area contributed by atoms with Crippen LogP contribution in [0.25, 0.3) is 5.57 Å². The average Bonchev–Trinajstić information content (AvgIpc) is 2.48. The first-order chi connectivity index (χ1) is 9.53. The molecule has 0 saturated heterocycles. The van der Waals surface area contributed by atoms with Crippen LogP contribution < -0.4 is 14.4 Å². The molecule has 0 atom stereocenters. The highest BCUT2D eigenvalue weighted by atomic mass is 16.5. The van der Waals surface area contributed by atoms with Crippen molar-refractivity contribution in [1.29, 1.82) is 0 Å². The smallest absolute Gasteiger partial charge is 0.414 e. The quantitative estimate of drug-likeness (QED) is 0.833. The number of rotatable bonds is 2. The number of hydrogen-bond donors (Lipinski definition) is 0. The van der Waals surface area contributed by atoms with Gasteiger partial charge in [0.05, 0.1) is 33.6 Å². The van der Waals surface area contributed by atoms with Crippen molar-refractivity contribution in [1.82, 2.24) is 0 Å². The first-order valence-electron chi connectivity index (χ1n) is 6.31. The van der Waals surface area contributed by atoms with Crippen molar-refractivity contribution in [3.05, 3.63) is 23.3 Å². The van der Waals surface area contributed by atoms with Gasteiger partial charge in [-0.15, -0.1) is 0 Å². The van der Waals surface area contributed by atoms with Crippen molar-refractivity contribution in [2.45, 2.75) is 13.8 Å². The van der Waals surface area contributed by atoms with Crippen LogP contribution in [0.1, 0.15) is 19.4 Å². The minimum absolute atomic E-state index is 0.395. The number of anilines is 1.